The number of sulfonamides is 1. The summed E-state index contributed by atoms with van der Waals surface area (Å²) in [6, 6.07) is 2.71. The van der Waals surface area contributed by atoms with Crippen LogP contribution in [0.3, 0.4) is 0 Å². The van der Waals surface area contributed by atoms with Crippen LogP contribution in [0.5, 0.6) is 0 Å². The van der Waals surface area contributed by atoms with Gasteiger partial charge in [-0.05, 0) is 50.3 Å². The lowest BCUT2D eigenvalue weighted by Gasteiger charge is -2.37. The number of nitrogens with zero attached hydrogens (tertiary/aromatic N) is 1. The molecule has 0 N–H and O–H groups in total. The van der Waals surface area contributed by atoms with Crippen molar-refractivity contribution >= 4 is 21.6 Å². The van der Waals surface area contributed by atoms with E-state index in [1.165, 1.54) is 23.4 Å². The fourth-order valence-electron chi connectivity index (χ4n) is 2.82. The Morgan fingerprint density at radius 1 is 1.38 bits per heavy atom. The maximum Gasteiger partial charge on any atom is 0.243 e. The normalized spacial score (nSPS) is 24.2. The first-order valence-corrected chi connectivity index (χ1v) is 9.13. The van der Waals surface area contributed by atoms with E-state index in [9.17, 15) is 12.8 Å². The molecule has 0 radical (unpaired) electrons. The van der Waals surface area contributed by atoms with Crippen LogP contribution in [-0.2, 0) is 15.9 Å². The first kappa shape index (κ1) is 16.7. The molecule has 0 aromatic heterocycles. The van der Waals surface area contributed by atoms with Gasteiger partial charge in [0.2, 0.25) is 10.0 Å². The highest BCUT2D eigenvalue weighted by atomic mass is 35.5. The first-order valence-electron chi connectivity index (χ1n) is 7.16. The molecule has 1 aliphatic heterocycles. The zero-order valence-corrected chi connectivity index (χ0v) is 14.1. The highest BCUT2D eigenvalue weighted by Crippen LogP contribution is 2.31. The summed E-state index contributed by atoms with van der Waals surface area (Å²) >= 11 is 5.74. The van der Waals surface area contributed by atoms with Gasteiger partial charge < -0.3 is 0 Å². The molecule has 118 valence electrons. The average molecular weight is 334 g/mol. The molecule has 1 aromatic carbocycles. The number of alkyl halides is 1. The number of hydrogen-bond donors (Lipinski definition) is 0. The van der Waals surface area contributed by atoms with Crippen LogP contribution in [0, 0.1) is 18.7 Å². The Balaban J connectivity index is 2.51. The lowest BCUT2D eigenvalue weighted by Crippen LogP contribution is -2.46. The minimum Gasteiger partial charge on any atom is -0.207 e. The van der Waals surface area contributed by atoms with Crippen molar-refractivity contribution < 1.29 is 12.8 Å². The third kappa shape index (κ3) is 3.10. The lowest BCUT2D eigenvalue weighted by molar-refractivity contribution is 0.202. The summed E-state index contributed by atoms with van der Waals surface area (Å²) in [5.41, 5.74) is 0.644. The molecular formula is C15H21ClFNO2S. The maximum absolute atomic E-state index is 14.0. The van der Waals surface area contributed by atoms with E-state index < -0.39 is 15.8 Å². The van der Waals surface area contributed by atoms with E-state index in [-0.39, 0.29) is 22.4 Å². The van der Waals surface area contributed by atoms with E-state index in [4.69, 9.17) is 11.6 Å². The van der Waals surface area contributed by atoms with Crippen molar-refractivity contribution in [1.82, 2.24) is 4.31 Å². The molecule has 3 nitrogen and oxygen atoms in total. The molecule has 2 unspecified atom stereocenters. The van der Waals surface area contributed by atoms with Crippen LogP contribution in [0.1, 0.15) is 37.8 Å². The van der Waals surface area contributed by atoms with Gasteiger partial charge in [0.05, 0.1) is 4.90 Å². The van der Waals surface area contributed by atoms with Crippen molar-refractivity contribution in [2.45, 2.75) is 50.4 Å². The average Bonchev–Trinajstić information content (AvgIpc) is 2.44. The Morgan fingerprint density at radius 2 is 2.05 bits per heavy atom. The molecule has 6 heteroatoms. The zero-order chi connectivity index (χ0) is 15.8. The van der Waals surface area contributed by atoms with Crippen LogP contribution in [0.2, 0.25) is 0 Å². The largest absolute Gasteiger partial charge is 0.243 e. The van der Waals surface area contributed by atoms with Gasteiger partial charge in [-0.2, -0.15) is 4.31 Å². The maximum atomic E-state index is 14.0. The van der Waals surface area contributed by atoms with Crippen molar-refractivity contribution in [1.29, 1.82) is 0 Å². The fraction of sp³-hybridized carbons (Fsp3) is 0.600. The highest BCUT2D eigenvalue weighted by Gasteiger charge is 2.35. The van der Waals surface area contributed by atoms with Gasteiger partial charge in [-0.15, -0.1) is 11.6 Å². The second-order valence-electron chi connectivity index (χ2n) is 5.81. The highest BCUT2D eigenvalue weighted by molar-refractivity contribution is 7.89. The summed E-state index contributed by atoms with van der Waals surface area (Å²) in [4.78, 5) is 0.0408. The molecule has 0 spiro atoms. The van der Waals surface area contributed by atoms with Crippen LogP contribution in [0.15, 0.2) is 17.0 Å². The van der Waals surface area contributed by atoms with Crippen molar-refractivity contribution in [2.24, 2.45) is 5.92 Å². The van der Waals surface area contributed by atoms with E-state index in [1.54, 1.807) is 0 Å². The van der Waals surface area contributed by atoms with E-state index in [2.05, 4.69) is 6.92 Å². The molecule has 2 rings (SSSR count). The Morgan fingerprint density at radius 3 is 2.67 bits per heavy atom. The van der Waals surface area contributed by atoms with E-state index in [0.717, 1.165) is 12.8 Å². The molecule has 0 saturated carbocycles. The molecule has 1 aromatic rings. The smallest absolute Gasteiger partial charge is 0.207 e. The van der Waals surface area contributed by atoms with Crippen LogP contribution in [0.25, 0.3) is 0 Å². The fourth-order valence-corrected chi connectivity index (χ4v) is 5.02. The van der Waals surface area contributed by atoms with Gasteiger partial charge in [-0.3, -0.25) is 0 Å². The van der Waals surface area contributed by atoms with Crippen LogP contribution in [-0.4, -0.2) is 25.3 Å². The zero-order valence-electron chi connectivity index (χ0n) is 12.6. The molecule has 1 heterocycles. The second-order valence-corrected chi connectivity index (χ2v) is 7.94. The lowest BCUT2D eigenvalue weighted by atomic mass is 9.94. The summed E-state index contributed by atoms with van der Waals surface area (Å²) in [5.74, 6) is -0.134. The standard InChI is InChI=1S/C15H21ClFNO2S/c1-10-5-4-6-18(12(10)3)21(19,20)15-8-13(9-16)7-14(17)11(15)2/h7-8,10,12H,4-6,9H2,1-3H3. The Labute approximate surface area is 131 Å². The molecule has 0 bridgehead atoms. The Bertz CT molecular complexity index is 633. The molecule has 1 saturated heterocycles. The quantitative estimate of drug-likeness (QED) is 0.791. The summed E-state index contributed by atoms with van der Waals surface area (Å²) in [6.45, 7) is 5.95. The van der Waals surface area contributed by atoms with Gasteiger partial charge in [0.25, 0.3) is 0 Å². The number of rotatable bonds is 3. The molecule has 21 heavy (non-hydrogen) atoms. The second kappa shape index (κ2) is 6.23. The van der Waals surface area contributed by atoms with Crippen molar-refractivity contribution in [3.8, 4) is 0 Å². The minimum atomic E-state index is -3.70. The van der Waals surface area contributed by atoms with Crippen LogP contribution < -0.4 is 0 Å². The number of halogens is 2. The molecular weight excluding hydrogens is 313 g/mol. The van der Waals surface area contributed by atoms with E-state index >= 15 is 0 Å². The van der Waals surface area contributed by atoms with Crippen molar-refractivity contribution in [2.75, 3.05) is 6.54 Å². The Hall–Kier alpha value is -0.650. The van der Waals surface area contributed by atoms with Gasteiger partial charge in [0.15, 0.2) is 0 Å². The summed E-state index contributed by atoms with van der Waals surface area (Å²) in [6.07, 6.45) is 1.85. The van der Waals surface area contributed by atoms with Gasteiger partial charge in [0, 0.05) is 24.0 Å². The number of piperidine rings is 1. The van der Waals surface area contributed by atoms with E-state index in [0.29, 0.717) is 18.0 Å². The third-order valence-electron chi connectivity index (χ3n) is 4.41. The SMILES string of the molecule is Cc1c(F)cc(CCl)cc1S(=O)(=O)N1CCCC(C)C1C. The summed E-state index contributed by atoms with van der Waals surface area (Å²) in [5, 5.41) is 0. The number of benzene rings is 1. The molecule has 0 aliphatic carbocycles. The van der Waals surface area contributed by atoms with Gasteiger partial charge in [-0.1, -0.05) is 6.92 Å². The predicted octanol–water partition coefficient (Wildman–Crippen LogP) is 3.68. The van der Waals surface area contributed by atoms with Gasteiger partial charge >= 0.3 is 0 Å². The Kier molecular flexibility index (Phi) is 4.96. The monoisotopic (exact) mass is 333 g/mol. The minimum absolute atomic E-state index is 0.0408. The summed E-state index contributed by atoms with van der Waals surface area (Å²) in [7, 11) is -3.70. The molecule has 2 atom stereocenters. The molecule has 1 fully saturated rings. The third-order valence-corrected chi connectivity index (χ3v) is 6.83. The first-order chi connectivity index (χ1) is 9.78. The van der Waals surface area contributed by atoms with Gasteiger partial charge in [0.1, 0.15) is 5.82 Å². The van der Waals surface area contributed by atoms with E-state index in [1.807, 2.05) is 6.92 Å². The number of hydrogen-bond acceptors (Lipinski definition) is 2. The summed E-state index contributed by atoms with van der Waals surface area (Å²) < 4.78 is 41.3. The van der Waals surface area contributed by atoms with Gasteiger partial charge in [-0.25, -0.2) is 12.8 Å². The van der Waals surface area contributed by atoms with Crippen molar-refractivity contribution in [3.63, 3.8) is 0 Å². The van der Waals surface area contributed by atoms with Crippen LogP contribution in [0.4, 0.5) is 4.39 Å². The molecule has 0 amide bonds. The van der Waals surface area contributed by atoms with Crippen molar-refractivity contribution in [3.05, 3.63) is 29.1 Å². The molecule has 1 aliphatic rings. The topological polar surface area (TPSA) is 37.4 Å². The predicted molar refractivity (Wildman–Crippen MR) is 82.4 cm³/mol. The van der Waals surface area contributed by atoms with Crippen LogP contribution >= 0.6 is 11.6 Å².